The molecule has 1 saturated heterocycles. The molecule has 160 valence electrons. The standard InChI is InChI=1S/C23H23ClFN5O/c24-15-3-8-18-19(13-15)28-21(14-1-2-14)20(26)22(18)29-9-11-30(12-10-29)23(31)27-17-6-4-16(25)5-7-17/h3-8,13-14H,1-2,9-12,26H2,(H,27,31). The first-order valence-electron chi connectivity index (χ1n) is 10.4. The SMILES string of the molecule is Nc1c(C2CC2)nc2cc(Cl)ccc2c1N1CCN(C(=O)Nc2ccc(F)cc2)CC1. The van der Waals surface area contributed by atoms with E-state index in [0.717, 1.165) is 40.8 Å². The molecule has 3 N–H and O–H groups in total. The van der Waals surface area contributed by atoms with Gasteiger partial charge in [-0.1, -0.05) is 11.6 Å². The summed E-state index contributed by atoms with van der Waals surface area (Å²) in [5.41, 5.74) is 10.7. The van der Waals surface area contributed by atoms with Gasteiger partial charge in [-0.2, -0.15) is 0 Å². The lowest BCUT2D eigenvalue weighted by atomic mass is 10.1. The number of fused-ring (bicyclic) bond motifs is 1. The Morgan fingerprint density at radius 1 is 1.10 bits per heavy atom. The molecule has 31 heavy (non-hydrogen) atoms. The third kappa shape index (κ3) is 3.97. The summed E-state index contributed by atoms with van der Waals surface area (Å²) in [6.45, 7) is 2.44. The number of nitrogens with two attached hydrogens (primary N) is 1. The number of halogens is 2. The molecule has 8 heteroatoms. The number of carbonyl (C=O) groups excluding carboxylic acids is 1. The minimum atomic E-state index is -0.333. The maximum atomic E-state index is 13.1. The first kappa shape index (κ1) is 19.9. The van der Waals surface area contributed by atoms with Crippen LogP contribution < -0.4 is 16.0 Å². The number of benzene rings is 2. The summed E-state index contributed by atoms with van der Waals surface area (Å²) in [6.07, 6.45) is 2.22. The second kappa shape index (κ2) is 7.89. The van der Waals surface area contributed by atoms with Crippen LogP contribution >= 0.6 is 11.6 Å². The summed E-state index contributed by atoms with van der Waals surface area (Å²) < 4.78 is 13.1. The van der Waals surface area contributed by atoms with E-state index in [1.54, 1.807) is 17.0 Å². The Bertz CT molecular complexity index is 1140. The van der Waals surface area contributed by atoms with Crippen molar-refractivity contribution in [1.29, 1.82) is 0 Å². The molecule has 2 fully saturated rings. The number of hydrogen-bond acceptors (Lipinski definition) is 4. The van der Waals surface area contributed by atoms with E-state index in [1.807, 2.05) is 18.2 Å². The van der Waals surface area contributed by atoms with E-state index in [2.05, 4.69) is 10.2 Å². The molecule has 5 rings (SSSR count). The molecular weight excluding hydrogens is 417 g/mol. The zero-order chi connectivity index (χ0) is 21.5. The summed E-state index contributed by atoms with van der Waals surface area (Å²) in [5.74, 6) is 0.0885. The number of hydrogen-bond donors (Lipinski definition) is 2. The Morgan fingerprint density at radius 3 is 2.48 bits per heavy atom. The van der Waals surface area contributed by atoms with Crippen LogP contribution in [0.5, 0.6) is 0 Å². The van der Waals surface area contributed by atoms with Crippen LogP contribution in [0.15, 0.2) is 42.5 Å². The second-order valence-electron chi connectivity index (χ2n) is 8.11. The Morgan fingerprint density at radius 2 is 1.81 bits per heavy atom. The van der Waals surface area contributed by atoms with E-state index in [4.69, 9.17) is 22.3 Å². The molecule has 2 heterocycles. The average molecular weight is 440 g/mol. The summed E-state index contributed by atoms with van der Waals surface area (Å²) >= 11 is 6.22. The molecule has 1 aliphatic carbocycles. The van der Waals surface area contributed by atoms with E-state index in [9.17, 15) is 9.18 Å². The number of carbonyl (C=O) groups is 1. The lowest BCUT2D eigenvalue weighted by Gasteiger charge is -2.37. The van der Waals surface area contributed by atoms with Gasteiger partial charge in [-0.05, 0) is 55.3 Å². The maximum Gasteiger partial charge on any atom is 0.321 e. The molecule has 0 bridgehead atoms. The van der Waals surface area contributed by atoms with Crippen molar-refractivity contribution in [2.45, 2.75) is 18.8 Å². The third-order valence-electron chi connectivity index (χ3n) is 5.93. The predicted molar refractivity (Wildman–Crippen MR) is 122 cm³/mol. The summed E-state index contributed by atoms with van der Waals surface area (Å²) in [4.78, 5) is 21.4. The maximum absolute atomic E-state index is 13.1. The molecule has 3 aromatic rings. The second-order valence-corrected chi connectivity index (χ2v) is 8.54. The number of rotatable bonds is 3. The fourth-order valence-corrected chi connectivity index (χ4v) is 4.30. The van der Waals surface area contributed by atoms with E-state index < -0.39 is 0 Å². The van der Waals surface area contributed by atoms with Crippen molar-refractivity contribution < 1.29 is 9.18 Å². The molecule has 0 radical (unpaired) electrons. The monoisotopic (exact) mass is 439 g/mol. The van der Waals surface area contributed by atoms with Crippen molar-refractivity contribution in [3.63, 3.8) is 0 Å². The molecule has 0 spiro atoms. The van der Waals surface area contributed by atoms with Gasteiger partial charge in [0.25, 0.3) is 0 Å². The molecule has 0 atom stereocenters. The van der Waals surface area contributed by atoms with Gasteiger partial charge in [0.1, 0.15) is 5.82 Å². The highest BCUT2D eigenvalue weighted by molar-refractivity contribution is 6.31. The molecule has 2 amide bonds. The number of nitrogens with one attached hydrogen (secondary N) is 1. The first-order valence-corrected chi connectivity index (χ1v) is 10.8. The van der Waals surface area contributed by atoms with Gasteiger partial charge in [-0.25, -0.2) is 9.18 Å². The van der Waals surface area contributed by atoms with Crippen LogP contribution in [-0.2, 0) is 0 Å². The van der Waals surface area contributed by atoms with E-state index in [-0.39, 0.29) is 11.8 Å². The number of anilines is 3. The number of nitrogens with zero attached hydrogens (tertiary/aromatic N) is 3. The summed E-state index contributed by atoms with van der Waals surface area (Å²) in [5, 5.41) is 4.46. The van der Waals surface area contributed by atoms with Gasteiger partial charge in [-0.3, -0.25) is 4.98 Å². The first-order chi connectivity index (χ1) is 15.0. The minimum absolute atomic E-state index is 0.190. The lowest BCUT2D eigenvalue weighted by Crippen LogP contribution is -2.50. The van der Waals surface area contributed by atoms with Crippen LogP contribution in [0.3, 0.4) is 0 Å². The highest BCUT2D eigenvalue weighted by Gasteiger charge is 2.31. The quantitative estimate of drug-likeness (QED) is 0.612. The van der Waals surface area contributed by atoms with Crippen molar-refractivity contribution >= 4 is 45.6 Å². The average Bonchev–Trinajstić information content (AvgIpc) is 3.60. The molecule has 2 aromatic carbocycles. The number of amides is 2. The van der Waals surface area contributed by atoms with E-state index >= 15 is 0 Å². The summed E-state index contributed by atoms with van der Waals surface area (Å²) in [6, 6.07) is 11.3. The molecule has 2 aliphatic rings. The van der Waals surface area contributed by atoms with Crippen molar-refractivity contribution in [2.75, 3.05) is 42.1 Å². The number of aromatic nitrogens is 1. The third-order valence-corrected chi connectivity index (χ3v) is 6.16. The molecule has 1 aromatic heterocycles. The molecule has 1 aliphatic heterocycles. The van der Waals surface area contributed by atoms with Crippen LogP contribution in [0.2, 0.25) is 5.02 Å². The Kier molecular flexibility index (Phi) is 5.06. The Balaban J connectivity index is 1.36. The Labute approximate surface area is 184 Å². The number of urea groups is 1. The summed E-state index contributed by atoms with van der Waals surface area (Å²) in [7, 11) is 0. The van der Waals surface area contributed by atoms with Crippen molar-refractivity contribution in [2.24, 2.45) is 0 Å². The zero-order valence-electron chi connectivity index (χ0n) is 16.9. The van der Waals surface area contributed by atoms with Gasteiger partial charge >= 0.3 is 6.03 Å². The van der Waals surface area contributed by atoms with Gasteiger partial charge in [0.2, 0.25) is 0 Å². The minimum Gasteiger partial charge on any atom is -0.396 e. The smallest absolute Gasteiger partial charge is 0.321 e. The van der Waals surface area contributed by atoms with Crippen LogP contribution in [-0.4, -0.2) is 42.1 Å². The topological polar surface area (TPSA) is 74.5 Å². The van der Waals surface area contributed by atoms with Crippen LogP contribution in [0.1, 0.15) is 24.5 Å². The highest BCUT2D eigenvalue weighted by atomic mass is 35.5. The van der Waals surface area contributed by atoms with Crippen LogP contribution in [0, 0.1) is 5.82 Å². The zero-order valence-corrected chi connectivity index (χ0v) is 17.7. The fraction of sp³-hybridized carbons (Fsp3) is 0.304. The number of piperazine rings is 1. The van der Waals surface area contributed by atoms with Crippen LogP contribution in [0.4, 0.5) is 26.2 Å². The number of nitrogen functional groups attached to an aromatic ring is 1. The predicted octanol–water partition coefficient (Wildman–Crippen LogP) is 4.84. The molecule has 0 unspecified atom stereocenters. The van der Waals surface area contributed by atoms with E-state index in [1.165, 1.54) is 12.1 Å². The van der Waals surface area contributed by atoms with Gasteiger partial charge < -0.3 is 20.9 Å². The number of pyridine rings is 1. The van der Waals surface area contributed by atoms with Gasteiger partial charge in [0, 0.05) is 48.2 Å². The van der Waals surface area contributed by atoms with E-state index in [0.29, 0.717) is 42.8 Å². The van der Waals surface area contributed by atoms with Crippen molar-refractivity contribution in [1.82, 2.24) is 9.88 Å². The molecule has 6 nitrogen and oxygen atoms in total. The fourth-order valence-electron chi connectivity index (χ4n) is 4.13. The molecule has 1 saturated carbocycles. The van der Waals surface area contributed by atoms with Gasteiger partial charge in [0.15, 0.2) is 0 Å². The van der Waals surface area contributed by atoms with Gasteiger partial charge in [0.05, 0.1) is 22.6 Å². The van der Waals surface area contributed by atoms with Crippen LogP contribution in [0.25, 0.3) is 10.9 Å². The Hall–Kier alpha value is -3.06. The normalized spacial score (nSPS) is 16.6. The largest absolute Gasteiger partial charge is 0.396 e. The lowest BCUT2D eigenvalue weighted by molar-refractivity contribution is 0.208. The van der Waals surface area contributed by atoms with Crippen molar-refractivity contribution in [3.05, 3.63) is 59.0 Å². The van der Waals surface area contributed by atoms with Crippen molar-refractivity contribution in [3.8, 4) is 0 Å². The highest BCUT2D eigenvalue weighted by Crippen LogP contribution is 2.46. The van der Waals surface area contributed by atoms with Gasteiger partial charge in [-0.15, -0.1) is 0 Å². The molecular formula is C23H23ClFN5O.